The predicted octanol–water partition coefficient (Wildman–Crippen LogP) is -6.36. The van der Waals surface area contributed by atoms with E-state index in [4.69, 9.17) is 9.63 Å². The van der Waals surface area contributed by atoms with Crippen LogP contribution in [0.4, 0.5) is 0 Å². The van der Waals surface area contributed by atoms with Crippen molar-refractivity contribution in [3.8, 4) is 0 Å². The van der Waals surface area contributed by atoms with Gasteiger partial charge in [-0.25, -0.2) is 4.79 Å². The van der Waals surface area contributed by atoms with E-state index in [1.165, 1.54) is 0 Å². The largest absolute Gasteiger partial charge is 1.00 e. The minimum absolute atomic E-state index is 0. The van der Waals surface area contributed by atoms with E-state index >= 15 is 0 Å². The molecule has 1 aliphatic heterocycles. The van der Waals surface area contributed by atoms with Crippen LogP contribution >= 0.6 is 7.82 Å². The number of nitrogens with one attached hydrogen (secondary N) is 1. The maximum atomic E-state index is 11.6. The number of aromatic amines is 1. The van der Waals surface area contributed by atoms with Crippen molar-refractivity contribution in [3.05, 3.63) is 33.1 Å². The second-order valence-electron chi connectivity index (χ2n) is 4.33. The van der Waals surface area contributed by atoms with Crippen molar-refractivity contribution < 1.29 is 63.4 Å². The molecule has 22 heavy (non-hydrogen) atoms. The Morgan fingerprint density at radius 1 is 1.41 bits per heavy atom. The molecule has 2 unspecified atom stereocenters. The fourth-order valence-electron chi connectivity index (χ4n) is 1.89. The molecular weight excluding hydrogens is 334 g/mol. The first-order chi connectivity index (χ1) is 9.69. The quantitative estimate of drug-likeness (QED) is 0.305. The summed E-state index contributed by atoms with van der Waals surface area (Å²) in [5, 5.41) is 19.5. The van der Waals surface area contributed by atoms with Gasteiger partial charge in [-0.2, -0.15) is 0 Å². The number of rotatable bonds is 4. The van der Waals surface area contributed by atoms with Crippen LogP contribution in [0.3, 0.4) is 0 Å². The summed E-state index contributed by atoms with van der Waals surface area (Å²) in [5.41, 5.74) is -1.53. The van der Waals surface area contributed by atoms with Crippen molar-refractivity contribution in [2.75, 3.05) is 6.61 Å². The van der Waals surface area contributed by atoms with Gasteiger partial charge in [0.15, 0.2) is 6.23 Å². The van der Waals surface area contributed by atoms with Crippen LogP contribution in [-0.2, 0) is 13.8 Å². The van der Waals surface area contributed by atoms with Gasteiger partial charge in [0.1, 0.15) is 18.3 Å². The molecule has 0 amide bonds. The second-order valence-corrected chi connectivity index (χ2v) is 5.52. The fraction of sp³-hybridized carbons (Fsp3) is 0.556. The SMILES string of the molecule is O=c1ccn(C2O[C@@H](COP(=O)([O-])O)[C@H](O)[C@H]2O)c(=O)[nH]1.[Na+]. The van der Waals surface area contributed by atoms with Gasteiger partial charge in [0.2, 0.25) is 0 Å². The summed E-state index contributed by atoms with van der Waals surface area (Å²) in [5.74, 6) is 0. The summed E-state index contributed by atoms with van der Waals surface area (Å²) in [7, 11) is -5.01. The second kappa shape index (κ2) is 7.49. The smallest absolute Gasteiger partial charge is 0.756 e. The average Bonchev–Trinajstić information content (AvgIpc) is 2.64. The van der Waals surface area contributed by atoms with Gasteiger partial charge < -0.3 is 29.3 Å². The molecule has 1 aliphatic rings. The van der Waals surface area contributed by atoms with Crippen molar-refractivity contribution in [2.24, 2.45) is 0 Å². The van der Waals surface area contributed by atoms with E-state index in [1.807, 2.05) is 4.98 Å². The number of aromatic nitrogens is 2. The van der Waals surface area contributed by atoms with Crippen LogP contribution in [0.2, 0.25) is 0 Å². The summed E-state index contributed by atoms with van der Waals surface area (Å²) < 4.78 is 20.5. The Labute approximate surface area is 145 Å². The molecule has 0 spiro atoms. The number of hydrogen-bond acceptors (Lipinski definition) is 8. The Balaban J connectivity index is 0.00000242. The monoisotopic (exact) mass is 346 g/mol. The molecule has 13 heteroatoms. The third kappa shape index (κ3) is 4.59. The van der Waals surface area contributed by atoms with Crippen molar-refractivity contribution in [3.63, 3.8) is 0 Å². The fourth-order valence-corrected chi connectivity index (χ4v) is 2.23. The molecule has 11 nitrogen and oxygen atoms in total. The van der Waals surface area contributed by atoms with Gasteiger partial charge in [-0.1, -0.05) is 0 Å². The Hall–Kier alpha value is -0.330. The summed E-state index contributed by atoms with van der Waals surface area (Å²) in [6.07, 6.45) is -4.71. The van der Waals surface area contributed by atoms with E-state index in [2.05, 4.69) is 4.52 Å². The number of H-pyrrole nitrogens is 1. The van der Waals surface area contributed by atoms with Gasteiger partial charge in [-0.05, 0) is 0 Å². The van der Waals surface area contributed by atoms with Gasteiger partial charge in [-0.3, -0.25) is 18.9 Å². The number of nitrogens with zero attached hydrogens (tertiary/aromatic N) is 1. The van der Waals surface area contributed by atoms with E-state index < -0.39 is 50.2 Å². The summed E-state index contributed by atoms with van der Waals surface area (Å²) >= 11 is 0. The Morgan fingerprint density at radius 2 is 2.05 bits per heavy atom. The Morgan fingerprint density at radius 3 is 2.59 bits per heavy atom. The normalized spacial score (nSPS) is 30.5. The molecule has 1 aromatic heterocycles. The van der Waals surface area contributed by atoms with E-state index in [0.717, 1.165) is 16.8 Å². The first-order valence-corrected chi connectivity index (χ1v) is 7.20. The maximum absolute atomic E-state index is 11.6. The molecule has 0 aromatic carbocycles. The van der Waals surface area contributed by atoms with Crippen molar-refractivity contribution in [1.82, 2.24) is 9.55 Å². The number of phosphoric ester groups is 1. The van der Waals surface area contributed by atoms with Crippen LogP contribution in [-0.4, -0.2) is 49.6 Å². The molecule has 2 rings (SSSR count). The van der Waals surface area contributed by atoms with Crippen LogP contribution < -0.4 is 45.7 Å². The molecule has 1 aromatic rings. The number of phosphoric acid groups is 1. The summed E-state index contributed by atoms with van der Waals surface area (Å²) in [6.45, 7) is -0.746. The van der Waals surface area contributed by atoms with Crippen molar-refractivity contribution >= 4 is 7.82 Å². The number of ether oxygens (including phenoxy) is 1. The topological polar surface area (TPSA) is 174 Å². The number of aliphatic hydroxyl groups excluding tert-OH is 2. The molecule has 5 atom stereocenters. The van der Waals surface area contributed by atoms with Gasteiger partial charge in [0.25, 0.3) is 13.4 Å². The molecule has 0 radical (unpaired) electrons. The molecule has 0 saturated carbocycles. The molecule has 118 valence electrons. The summed E-state index contributed by atoms with van der Waals surface area (Å²) in [6, 6.07) is 1.01. The molecule has 1 saturated heterocycles. The number of aliphatic hydroxyl groups is 2. The van der Waals surface area contributed by atoms with Gasteiger partial charge in [0.05, 0.1) is 6.61 Å². The van der Waals surface area contributed by atoms with E-state index in [1.54, 1.807) is 0 Å². The zero-order chi connectivity index (χ0) is 15.8. The first-order valence-electron chi connectivity index (χ1n) is 5.70. The van der Waals surface area contributed by atoms with Crippen molar-refractivity contribution in [2.45, 2.75) is 24.5 Å². The van der Waals surface area contributed by atoms with Gasteiger partial charge in [-0.15, -0.1) is 0 Å². The van der Waals surface area contributed by atoms with Crippen LogP contribution in [0.15, 0.2) is 21.9 Å². The Kier molecular flexibility index (Phi) is 6.72. The molecule has 0 aliphatic carbocycles. The summed E-state index contributed by atoms with van der Waals surface area (Å²) in [4.78, 5) is 43.4. The third-order valence-electron chi connectivity index (χ3n) is 2.86. The molecule has 0 bridgehead atoms. The van der Waals surface area contributed by atoms with Crippen LogP contribution in [0, 0.1) is 0 Å². The standard InChI is InChI=1S/C9H13N2O9P.Na/c12-5-1-2-11(9(15)10-5)8-7(14)6(13)4(20-8)3-19-21(16,17)18;/h1-2,4,6-8,13-14H,3H2,(H,10,12,15)(H2,16,17,18);/q;+1/p-1/t4-,6-,7+,8?;/m0./s1. The first kappa shape index (κ1) is 19.7. The van der Waals surface area contributed by atoms with Crippen LogP contribution in [0.1, 0.15) is 6.23 Å². The minimum Gasteiger partial charge on any atom is -0.756 e. The zero-order valence-corrected chi connectivity index (χ0v) is 14.3. The third-order valence-corrected chi connectivity index (χ3v) is 3.34. The molecule has 4 N–H and O–H groups in total. The van der Waals surface area contributed by atoms with E-state index in [9.17, 15) is 29.3 Å². The van der Waals surface area contributed by atoms with Crippen LogP contribution in [0.5, 0.6) is 0 Å². The van der Waals surface area contributed by atoms with Crippen LogP contribution in [0.25, 0.3) is 0 Å². The molecule has 1 fully saturated rings. The van der Waals surface area contributed by atoms with Gasteiger partial charge >= 0.3 is 35.2 Å². The van der Waals surface area contributed by atoms with E-state index in [-0.39, 0.29) is 29.6 Å². The number of hydrogen-bond donors (Lipinski definition) is 4. The average molecular weight is 346 g/mol. The zero-order valence-electron chi connectivity index (χ0n) is 11.4. The Bertz CT molecular complexity index is 670. The maximum Gasteiger partial charge on any atom is 1.00 e. The molecule has 2 heterocycles. The molecular formula is C9H12N2NaO9P. The van der Waals surface area contributed by atoms with E-state index in [0.29, 0.717) is 0 Å². The minimum atomic E-state index is -5.01. The van der Waals surface area contributed by atoms with Crippen molar-refractivity contribution in [1.29, 1.82) is 0 Å². The van der Waals surface area contributed by atoms with Gasteiger partial charge in [0, 0.05) is 12.3 Å². The predicted molar refractivity (Wildman–Crippen MR) is 63.0 cm³/mol.